The molecule has 1 saturated heterocycles. The predicted molar refractivity (Wildman–Crippen MR) is 132 cm³/mol. The predicted octanol–water partition coefficient (Wildman–Crippen LogP) is 3.29. The summed E-state index contributed by atoms with van der Waals surface area (Å²) in [6, 6.07) is 5.06. The van der Waals surface area contributed by atoms with Crippen LogP contribution in [0.2, 0.25) is 0 Å². The van der Waals surface area contributed by atoms with Gasteiger partial charge >= 0.3 is 0 Å². The number of nitrogens with zero attached hydrogens (tertiary/aromatic N) is 5. The van der Waals surface area contributed by atoms with E-state index in [2.05, 4.69) is 27.3 Å². The minimum absolute atomic E-state index is 0.00937. The van der Waals surface area contributed by atoms with Gasteiger partial charge in [0.2, 0.25) is 11.8 Å². The Morgan fingerprint density at radius 3 is 2.34 bits per heavy atom. The molecule has 3 aromatic rings. The number of halogens is 1. The van der Waals surface area contributed by atoms with Crippen molar-refractivity contribution in [2.75, 3.05) is 38.5 Å². The first kappa shape index (κ1) is 23.4. The highest BCUT2D eigenvalue weighted by atomic mass is 19.1. The summed E-state index contributed by atoms with van der Waals surface area (Å²) in [7, 11) is 3.89. The lowest BCUT2D eigenvalue weighted by molar-refractivity contribution is -0.139. The van der Waals surface area contributed by atoms with Crippen LogP contribution in [-0.2, 0) is 16.6 Å². The second-order valence-corrected chi connectivity index (χ2v) is 9.82. The average molecular weight is 479 g/mol. The molecule has 2 fully saturated rings. The van der Waals surface area contributed by atoms with Gasteiger partial charge in [0.15, 0.2) is 0 Å². The number of carbonyl (C=O) groups excluding carboxylic acids is 2. The monoisotopic (exact) mass is 478 g/mol. The van der Waals surface area contributed by atoms with Crippen molar-refractivity contribution in [1.82, 2.24) is 24.6 Å². The first-order valence-electron chi connectivity index (χ1n) is 12.2. The lowest BCUT2D eigenvalue weighted by atomic mass is 9.81. The standard InChI is InChI=1S/C26H31FN6O2/c1-31-7-9-33(10-8-31)26(35)18-5-3-17(4-6-18)25(34)30-24-13-20-11-19(21-14-29-32(2)16-21)12-23(27)22(20)15-28-24/h11-18H,3-10H2,1-2H3,(H,28,30,34)/t17-,18-. The van der Waals surface area contributed by atoms with E-state index in [1.54, 1.807) is 16.9 Å². The van der Waals surface area contributed by atoms with E-state index in [0.29, 0.717) is 29.4 Å². The average Bonchev–Trinajstić information content (AvgIpc) is 3.30. The molecule has 184 valence electrons. The maximum atomic E-state index is 14.7. The molecule has 0 atom stereocenters. The summed E-state index contributed by atoms with van der Waals surface area (Å²) in [6.45, 7) is 3.39. The molecule has 1 aliphatic carbocycles. The molecule has 2 aliphatic rings. The zero-order chi connectivity index (χ0) is 24.5. The molecule has 1 saturated carbocycles. The topological polar surface area (TPSA) is 83.4 Å². The summed E-state index contributed by atoms with van der Waals surface area (Å²) in [5.41, 5.74) is 1.54. The third kappa shape index (κ3) is 5.05. The van der Waals surface area contributed by atoms with Gasteiger partial charge in [-0.1, -0.05) is 0 Å². The SMILES string of the molecule is CN1CCN(C(=O)[C@H]2CC[C@H](C(=O)Nc3cc4cc(-c5cnn(C)c5)cc(F)c4cn3)CC2)CC1. The third-order valence-corrected chi connectivity index (χ3v) is 7.34. The number of piperazine rings is 1. The van der Waals surface area contributed by atoms with Crippen LogP contribution >= 0.6 is 0 Å². The molecule has 1 N–H and O–H groups in total. The van der Waals surface area contributed by atoms with Gasteiger partial charge in [-0.3, -0.25) is 14.3 Å². The van der Waals surface area contributed by atoms with Gasteiger partial charge in [-0.05, 0) is 61.9 Å². The van der Waals surface area contributed by atoms with E-state index in [1.165, 1.54) is 12.3 Å². The number of amides is 2. The second kappa shape index (κ2) is 9.73. The van der Waals surface area contributed by atoms with Crippen molar-refractivity contribution in [1.29, 1.82) is 0 Å². The Bertz CT molecular complexity index is 1240. The molecular weight excluding hydrogens is 447 g/mol. The maximum absolute atomic E-state index is 14.7. The third-order valence-electron chi connectivity index (χ3n) is 7.34. The number of nitrogens with one attached hydrogen (secondary N) is 1. The van der Waals surface area contributed by atoms with Crippen LogP contribution in [0.15, 0.2) is 36.8 Å². The van der Waals surface area contributed by atoms with Crippen LogP contribution in [0.3, 0.4) is 0 Å². The van der Waals surface area contributed by atoms with E-state index in [9.17, 15) is 14.0 Å². The van der Waals surface area contributed by atoms with Gasteiger partial charge in [-0.15, -0.1) is 0 Å². The Morgan fingerprint density at radius 2 is 1.66 bits per heavy atom. The molecule has 1 aromatic carbocycles. The van der Waals surface area contributed by atoms with E-state index in [0.717, 1.165) is 50.1 Å². The van der Waals surface area contributed by atoms with Gasteiger partial charge in [-0.2, -0.15) is 5.10 Å². The van der Waals surface area contributed by atoms with E-state index < -0.39 is 0 Å². The molecule has 2 aromatic heterocycles. The molecule has 8 nitrogen and oxygen atoms in total. The minimum Gasteiger partial charge on any atom is -0.340 e. The van der Waals surface area contributed by atoms with E-state index >= 15 is 0 Å². The zero-order valence-corrected chi connectivity index (χ0v) is 20.2. The summed E-state index contributed by atoms with van der Waals surface area (Å²) in [4.78, 5) is 34.3. The number of anilines is 1. The Morgan fingerprint density at radius 1 is 0.943 bits per heavy atom. The van der Waals surface area contributed by atoms with Gasteiger partial charge in [0.05, 0.1) is 6.20 Å². The number of hydrogen-bond acceptors (Lipinski definition) is 5. The molecule has 1 aliphatic heterocycles. The van der Waals surface area contributed by atoms with Gasteiger partial charge in [0.1, 0.15) is 11.6 Å². The molecule has 5 rings (SSSR count). The van der Waals surface area contributed by atoms with Crippen molar-refractivity contribution in [3.63, 3.8) is 0 Å². The zero-order valence-electron chi connectivity index (χ0n) is 20.2. The number of likely N-dealkylation sites (N-methyl/N-ethyl adjacent to an activating group) is 1. The number of pyridine rings is 1. The summed E-state index contributed by atoms with van der Waals surface area (Å²) >= 11 is 0. The fourth-order valence-corrected chi connectivity index (χ4v) is 5.13. The smallest absolute Gasteiger partial charge is 0.228 e. The van der Waals surface area contributed by atoms with Crippen LogP contribution in [0.4, 0.5) is 10.2 Å². The van der Waals surface area contributed by atoms with E-state index in [-0.39, 0.29) is 29.5 Å². The van der Waals surface area contributed by atoms with Crippen LogP contribution in [0, 0.1) is 17.7 Å². The molecule has 3 heterocycles. The van der Waals surface area contributed by atoms with Crippen molar-refractivity contribution >= 4 is 28.4 Å². The highest BCUT2D eigenvalue weighted by Crippen LogP contribution is 2.32. The number of carbonyl (C=O) groups is 2. The fraction of sp³-hybridized carbons (Fsp3) is 0.462. The van der Waals surface area contributed by atoms with Crippen molar-refractivity contribution in [3.8, 4) is 11.1 Å². The molecule has 2 amide bonds. The Balaban J connectivity index is 1.22. The molecule has 0 bridgehead atoms. The number of fused-ring (bicyclic) bond motifs is 1. The lowest BCUT2D eigenvalue weighted by Crippen LogP contribution is -2.49. The Kier molecular flexibility index (Phi) is 6.51. The Hall–Kier alpha value is -3.33. The summed E-state index contributed by atoms with van der Waals surface area (Å²) < 4.78 is 16.4. The maximum Gasteiger partial charge on any atom is 0.228 e. The second-order valence-electron chi connectivity index (χ2n) is 9.82. The molecule has 0 radical (unpaired) electrons. The number of rotatable bonds is 4. The van der Waals surface area contributed by atoms with Crippen LogP contribution in [0.5, 0.6) is 0 Å². The summed E-state index contributed by atoms with van der Waals surface area (Å²) in [5, 5.41) is 8.13. The van der Waals surface area contributed by atoms with Crippen LogP contribution in [-0.4, -0.2) is 69.6 Å². The van der Waals surface area contributed by atoms with E-state index in [4.69, 9.17) is 0 Å². The van der Waals surface area contributed by atoms with Crippen molar-refractivity contribution in [2.45, 2.75) is 25.7 Å². The van der Waals surface area contributed by atoms with Crippen LogP contribution in [0.25, 0.3) is 21.9 Å². The van der Waals surface area contributed by atoms with Gasteiger partial charge in [-0.25, -0.2) is 9.37 Å². The quantitative estimate of drug-likeness (QED) is 0.622. The fourth-order valence-electron chi connectivity index (χ4n) is 5.13. The highest BCUT2D eigenvalue weighted by Gasteiger charge is 2.33. The molecular formula is C26H31FN6O2. The molecule has 9 heteroatoms. The molecule has 0 spiro atoms. The van der Waals surface area contributed by atoms with Gasteiger partial charge in [0, 0.05) is 68.4 Å². The normalized spacial score (nSPS) is 21.3. The lowest BCUT2D eigenvalue weighted by Gasteiger charge is -2.36. The first-order valence-corrected chi connectivity index (χ1v) is 12.2. The Labute approximate surface area is 204 Å². The molecule has 35 heavy (non-hydrogen) atoms. The van der Waals surface area contributed by atoms with Crippen LogP contribution < -0.4 is 5.32 Å². The first-order chi connectivity index (χ1) is 16.9. The number of aromatic nitrogens is 3. The number of benzene rings is 1. The van der Waals surface area contributed by atoms with Crippen molar-refractivity contribution in [3.05, 3.63) is 42.6 Å². The van der Waals surface area contributed by atoms with Crippen molar-refractivity contribution < 1.29 is 14.0 Å². The molecule has 0 unspecified atom stereocenters. The van der Waals surface area contributed by atoms with Gasteiger partial charge in [0.25, 0.3) is 0 Å². The van der Waals surface area contributed by atoms with Crippen LogP contribution in [0.1, 0.15) is 25.7 Å². The summed E-state index contributed by atoms with van der Waals surface area (Å²) in [5.74, 6) is 0.0411. The number of hydrogen-bond donors (Lipinski definition) is 1. The highest BCUT2D eigenvalue weighted by molar-refractivity contribution is 5.95. The summed E-state index contributed by atoms with van der Waals surface area (Å²) in [6.07, 6.45) is 7.80. The minimum atomic E-state index is -0.366. The van der Waals surface area contributed by atoms with Crippen molar-refractivity contribution in [2.24, 2.45) is 18.9 Å². The van der Waals surface area contributed by atoms with Gasteiger partial charge < -0.3 is 15.1 Å². The van der Waals surface area contributed by atoms with E-state index in [1.807, 2.05) is 24.2 Å². The largest absolute Gasteiger partial charge is 0.340 e. The number of aryl methyl sites for hydroxylation is 1.